The number of carbonyl (C=O) groups excluding carboxylic acids is 1. The molecule has 1 aliphatic rings. The molecule has 0 N–H and O–H groups in total. The van der Waals surface area contributed by atoms with Gasteiger partial charge < -0.3 is 9.15 Å². The Morgan fingerprint density at radius 1 is 1.12 bits per heavy atom. The van der Waals surface area contributed by atoms with Crippen molar-refractivity contribution in [3.63, 3.8) is 0 Å². The van der Waals surface area contributed by atoms with Crippen molar-refractivity contribution in [1.29, 1.82) is 0 Å². The third-order valence-electron chi connectivity index (χ3n) is 5.35. The van der Waals surface area contributed by atoms with Crippen molar-refractivity contribution in [3.05, 3.63) is 71.4 Å². The molecule has 0 unspecified atom stereocenters. The van der Waals surface area contributed by atoms with Gasteiger partial charge in [-0.15, -0.1) is 0 Å². The van der Waals surface area contributed by atoms with Crippen molar-refractivity contribution in [1.82, 2.24) is 9.29 Å². The minimum absolute atomic E-state index is 0.119. The number of aromatic nitrogens is 1. The second kappa shape index (κ2) is 9.22. The summed E-state index contributed by atoms with van der Waals surface area (Å²) in [6, 6.07) is 10.2. The molecule has 0 radical (unpaired) electrons. The molecule has 0 amide bonds. The van der Waals surface area contributed by atoms with Crippen LogP contribution in [0.2, 0.25) is 0 Å². The summed E-state index contributed by atoms with van der Waals surface area (Å²) in [6.45, 7) is 2.53. The van der Waals surface area contributed by atoms with Crippen LogP contribution in [0.15, 0.2) is 58.0 Å². The number of rotatable bonds is 6. The van der Waals surface area contributed by atoms with Crippen LogP contribution in [0.5, 0.6) is 0 Å². The van der Waals surface area contributed by atoms with Crippen molar-refractivity contribution in [3.8, 4) is 11.5 Å². The van der Waals surface area contributed by atoms with Crippen LogP contribution < -0.4 is 0 Å². The van der Waals surface area contributed by atoms with Crippen LogP contribution in [0.4, 0.5) is 4.39 Å². The Hall–Kier alpha value is -3.04. The van der Waals surface area contributed by atoms with E-state index in [1.165, 1.54) is 40.9 Å². The fourth-order valence-electron chi connectivity index (χ4n) is 3.57. The number of esters is 1. The molecule has 32 heavy (non-hydrogen) atoms. The Balaban J connectivity index is 1.46. The first-order chi connectivity index (χ1) is 15.3. The van der Waals surface area contributed by atoms with Gasteiger partial charge in [-0.3, -0.25) is 0 Å². The van der Waals surface area contributed by atoms with Gasteiger partial charge in [-0.05, 0) is 61.7 Å². The predicted octanol–water partition coefficient (Wildman–Crippen LogP) is 4.32. The topological polar surface area (TPSA) is 89.7 Å². The van der Waals surface area contributed by atoms with Gasteiger partial charge in [0.1, 0.15) is 24.4 Å². The van der Waals surface area contributed by atoms with E-state index in [0.717, 1.165) is 19.3 Å². The van der Waals surface area contributed by atoms with E-state index in [1.807, 2.05) is 0 Å². The van der Waals surface area contributed by atoms with E-state index in [2.05, 4.69) is 4.98 Å². The summed E-state index contributed by atoms with van der Waals surface area (Å²) in [5.74, 6) is -0.748. The molecular weight excluding hydrogens is 435 g/mol. The van der Waals surface area contributed by atoms with Gasteiger partial charge in [-0.1, -0.05) is 12.5 Å². The second-order valence-electron chi connectivity index (χ2n) is 7.67. The third kappa shape index (κ3) is 4.73. The lowest BCUT2D eigenvalue weighted by Crippen LogP contribution is -2.36. The maximum absolute atomic E-state index is 13.1. The first-order valence-corrected chi connectivity index (χ1v) is 11.8. The normalized spacial score (nSPS) is 14.9. The van der Waals surface area contributed by atoms with Crippen LogP contribution in [0, 0.1) is 12.7 Å². The molecule has 1 fully saturated rings. The quantitative estimate of drug-likeness (QED) is 0.511. The second-order valence-corrected chi connectivity index (χ2v) is 9.58. The van der Waals surface area contributed by atoms with E-state index >= 15 is 0 Å². The van der Waals surface area contributed by atoms with Gasteiger partial charge in [0.2, 0.25) is 15.9 Å². The maximum Gasteiger partial charge on any atom is 0.338 e. The van der Waals surface area contributed by atoms with Crippen LogP contribution in [0.3, 0.4) is 0 Å². The number of oxazole rings is 1. The number of carbonyl (C=O) groups is 1. The largest absolute Gasteiger partial charge is 0.455 e. The summed E-state index contributed by atoms with van der Waals surface area (Å²) in [5.41, 5.74) is 1.70. The number of hydrogen-bond donors (Lipinski definition) is 0. The lowest BCUT2D eigenvalue weighted by Gasteiger charge is -2.26. The van der Waals surface area contributed by atoms with Gasteiger partial charge >= 0.3 is 5.97 Å². The Bertz CT molecular complexity index is 1220. The van der Waals surface area contributed by atoms with Crippen LogP contribution >= 0.6 is 0 Å². The maximum atomic E-state index is 13.1. The summed E-state index contributed by atoms with van der Waals surface area (Å²) in [4.78, 5) is 16.9. The average molecular weight is 459 g/mol. The molecule has 1 saturated heterocycles. The zero-order chi connectivity index (χ0) is 22.7. The zero-order valence-corrected chi connectivity index (χ0v) is 18.4. The number of benzene rings is 2. The van der Waals surface area contributed by atoms with E-state index in [1.54, 1.807) is 19.1 Å². The number of ether oxygens (including phenoxy) is 1. The number of sulfonamides is 1. The highest BCUT2D eigenvalue weighted by atomic mass is 32.2. The molecule has 2 aromatic carbocycles. The lowest BCUT2D eigenvalue weighted by atomic mass is 10.1. The van der Waals surface area contributed by atoms with E-state index in [0.29, 0.717) is 29.9 Å². The molecule has 1 aromatic heterocycles. The highest BCUT2D eigenvalue weighted by Crippen LogP contribution is 2.25. The fraction of sp³-hybridized carbons (Fsp3) is 0.304. The number of piperidine rings is 1. The fourth-order valence-corrected chi connectivity index (χ4v) is 5.34. The van der Waals surface area contributed by atoms with Gasteiger partial charge in [0, 0.05) is 18.7 Å². The minimum atomic E-state index is -3.67. The first kappa shape index (κ1) is 22.2. The summed E-state index contributed by atoms with van der Waals surface area (Å²) in [7, 11) is -3.67. The lowest BCUT2D eigenvalue weighted by molar-refractivity contribution is 0.0467. The van der Waals surface area contributed by atoms with Gasteiger partial charge in [0.05, 0.1) is 10.5 Å². The Labute approximate surface area is 185 Å². The van der Waals surface area contributed by atoms with Crippen molar-refractivity contribution in [2.45, 2.75) is 37.7 Å². The van der Waals surface area contributed by atoms with Crippen molar-refractivity contribution >= 4 is 16.0 Å². The van der Waals surface area contributed by atoms with Crippen LogP contribution in [0.1, 0.15) is 40.9 Å². The number of hydrogen-bond acceptors (Lipinski definition) is 6. The summed E-state index contributed by atoms with van der Waals surface area (Å²) in [5, 5.41) is 0. The predicted molar refractivity (Wildman–Crippen MR) is 115 cm³/mol. The number of nitrogens with zero attached hydrogens (tertiary/aromatic N) is 2. The molecule has 0 atom stereocenters. The van der Waals surface area contributed by atoms with Crippen LogP contribution in [0.25, 0.3) is 11.5 Å². The van der Waals surface area contributed by atoms with Gasteiger partial charge in [0.25, 0.3) is 0 Å². The minimum Gasteiger partial charge on any atom is -0.455 e. The van der Waals surface area contributed by atoms with E-state index in [9.17, 15) is 17.6 Å². The Morgan fingerprint density at radius 2 is 1.84 bits per heavy atom. The van der Waals surface area contributed by atoms with Crippen molar-refractivity contribution in [2.24, 2.45) is 0 Å². The third-order valence-corrected chi connectivity index (χ3v) is 7.39. The number of halogens is 1. The summed E-state index contributed by atoms with van der Waals surface area (Å²) in [6.07, 6.45) is 4.03. The van der Waals surface area contributed by atoms with E-state index < -0.39 is 16.0 Å². The van der Waals surface area contributed by atoms with Crippen molar-refractivity contribution in [2.75, 3.05) is 13.1 Å². The molecule has 0 bridgehead atoms. The van der Waals surface area contributed by atoms with Crippen LogP contribution in [-0.2, 0) is 21.4 Å². The van der Waals surface area contributed by atoms with Gasteiger partial charge in [-0.25, -0.2) is 22.6 Å². The molecule has 0 aliphatic carbocycles. The van der Waals surface area contributed by atoms with E-state index in [4.69, 9.17) is 9.15 Å². The zero-order valence-electron chi connectivity index (χ0n) is 17.6. The molecule has 9 heteroatoms. The summed E-state index contributed by atoms with van der Waals surface area (Å²) < 4.78 is 51.3. The smallest absolute Gasteiger partial charge is 0.338 e. The molecular formula is C23H23FN2O5S. The van der Waals surface area contributed by atoms with Crippen molar-refractivity contribution < 1.29 is 26.8 Å². The molecule has 168 valence electrons. The molecule has 0 saturated carbocycles. The molecule has 3 aromatic rings. The SMILES string of the molecule is Cc1ccc(C(=O)OCc2coc(-c3ccc(F)cc3)n2)cc1S(=O)(=O)N1CCCCC1. The highest BCUT2D eigenvalue weighted by Gasteiger charge is 2.28. The van der Waals surface area contributed by atoms with Gasteiger partial charge in [-0.2, -0.15) is 4.31 Å². The van der Waals surface area contributed by atoms with Crippen LogP contribution in [-0.4, -0.2) is 36.8 Å². The molecule has 4 rings (SSSR count). The summed E-state index contributed by atoms with van der Waals surface area (Å²) >= 11 is 0. The highest BCUT2D eigenvalue weighted by molar-refractivity contribution is 7.89. The monoisotopic (exact) mass is 458 g/mol. The van der Waals surface area contributed by atoms with E-state index in [-0.39, 0.29) is 28.8 Å². The average Bonchev–Trinajstić information content (AvgIpc) is 3.28. The Morgan fingerprint density at radius 3 is 2.56 bits per heavy atom. The number of aryl methyl sites for hydroxylation is 1. The van der Waals surface area contributed by atoms with Gasteiger partial charge in [0.15, 0.2) is 0 Å². The molecule has 7 nitrogen and oxygen atoms in total. The first-order valence-electron chi connectivity index (χ1n) is 10.3. The standard InChI is InChI=1S/C23H23FN2O5S/c1-16-5-6-18(13-21(16)32(28,29)26-11-3-2-4-12-26)23(27)31-15-20-14-30-22(25-20)17-7-9-19(24)10-8-17/h5-10,13-14H,2-4,11-12,15H2,1H3. The Kier molecular flexibility index (Phi) is 6.38. The molecule has 1 aliphatic heterocycles. The molecule has 0 spiro atoms. The molecule has 2 heterocycles.